The molecule has 0 radical (unpaired) electrons. The third-order valence-corrected chi connectivity index (χ3v) is 3.46. The van der Waals surface area contributed by atoms with E-state index in [-0.39, 0.29) is 17.7 Å². The summed E-state index contributed by atoms with van der Waals surface area (Å²) in [7, 11) is 1.55. The van der Waals surface area contributed by atoms with Crippen molar-refractivity contribution < 1.29 is 24.2 Å². The first-order valence-corrected chi connectivity index (χ1v) is 6.82. The second-order valence-corrected chi connectivity index (χ2v) is 4.89. The van der Waals surface area contributed by atoms with Crippen molar-refractivity contribution in [2.24, 2.45) is 11.8 Å². The van der Waals surface area contributed by atoms with Crippen LogP contribution in [-0.4, -0.2) is 49.7 Å². The molecule has 7 heteroatoms. The van der Waals surface area contributed by atoms with E-state index >= 15 is 0 Å². The maximum absolute atomic E-state index is 12.1. The van der Waals surface area contributed by atoms with Crippen molar-refractivity contribution in [2.45, 2.75) is 25.7 Å². The zero-order chi connectivity index (χ0) is 15.0. The topological polar surface area (TPSA) is 105 Å². The monoisotopic (exact) mass is 286 g/mol. The van der Waals surface area contributed by atoms with Crippen molar-refractivity contribution in [3.8, 4) is 0 Å². The van der Waals surface area contributed by atoms with Gasteiger partial charge in [-0.25, -0.2) is 0 Å². The highest BCUT2D eigenvalue weighted by molar-refractivity contribution is 5.89. The summed E-state index contributed by atoms with van der Waals surface area (Å²) in [5, 5.41) is 13.7. The number of hydrogen-bond acceptors (Lipinski definition) is 4. The van der Waals surface area contributed by atoms with E-state index in [1.165, 1.54) is 0 Å². The van der Waals surface area contributed by atoms with Crippen LogP contribution >= 0.6 is 0 Å². The molecular formula is C13H22N2O5. The number of hydrogen-bond donors (Lipinski definition) is 3. The largest absolute Gasteiger partial charge is 0.480 e. The zero-order valence-electron chi connectivity index (χ0n) is 11.7. The van der Waals surface area contributed by atoms with E-state index in [0.717, 1.165) is 12.8 Å². The first-order chi connectivity index (χ1) is 9.56. The average Bonchev–Trinajstić information content (AvgIpc) is 2.44. The highest BCUT2D eigenvalue weighted by Crippen LogP contribution is 2.30. The zero-order valence-corrected chi connectivity index (χ0v) is 11.7. The Morgan fingerprint density at radius 1 is 1.10 bits per heavy atom. The third-order valence-electron chi connectivity index (χ3n) is 3.46. The van der Waals surface area contributed by atoms with Crippen molar-refractivity contribution >= 4 is 17.8 Å². The van der Waals surface area contributed by atoms with Crippen LogP contribution in [0.5, 0.6) is 0 Å². The molecule has 2 unspecified atom stereocenters. The molecule has 1 rings (SSSR count). The molecule has 0 aromatic rings. The lowest BCUT2D eigenvalue weighted by Crippen LogP contribution is -2.45. The molecule has 20 heavy (non-hydrogen) atoms. The smallest absolute Gasteiger partial charge is 0.322 e. The van der Waals surface area contributed by atoms with Crippen LogP contribution in [0.25, 0.3) is 0 Å². The van der Waals surface area contributed by atoms with Crippen molar-refractivity contribution in [3.63, 3.8) is 0 Å². The van der Waals surface area contributed by atoms with E-state index in [1.54, 1.807) is 7.11 Å². The lowest BCUT2D eigenvalue weighted by molar-refractivity contribution is -0.140. The molecule has 2 amide bonds. The molecule has 114 valence electrons. The number of methoxy groups -OCH3 is 1. The van der Waals surface area contributed by atoms with E-state index in [1.807, 2.05) is 0 Å². The molecule has 3 N–H and O–H groups in total. The van der Waals surface area contributed by atoms with Crippen LogP contribution in [0, 0.1) is 11.8 Å². The van der Waals surface area contributed by atoms with Crippen molar-refractivity contribution in [3.05, 3.63) is 0 Å². The summed E-state index contributed by atoms with van der Waals surface area (Å²) in [6, 6.07) is 0. The van der Waals surface area contributed by atoms with Crippen LogP contribution in [0.3, 0.4) is 0 Å². The number of carbonyl (C=O) groups is 3. The van der Waals surface area contributed by atoms with Gasteiger partial charge in [-0.05, 0) is 12.8 Å². The summed E-state index contributed by atoms with van der Waals surface area (Å²) >= 11 is 0. The van der Waals surface area contributed by atoms with Crippen molar-refractivity contribution in [1.82, 2.24) is 10.6 Å². The van der Waals surface area contributed by atoms with Gasteiger partial charge in [-0.1, -0.05) is 12.8 Å². The minimum atomic E-state index is -1.09. The number of carboxylic acid groups (broad SMARTS) is 1. The molecule has 1 fully saturated rings. The van der Waals surface area contributed by atoms with Crippen LogP contribution in [-0.2, 0) is 19.1 Å². The van der Waals surface area contributed by atoms with Crippen molar-refractivity contribution in [1.29, 1.82) is 0 Å². The molecule has 2 atom stereocenters. The first-order valence-electron chi connectivity index (χ1n) is 6.82. The SMILES string of the molecule is COCCNC(=O)C1CCCCC1C(=O)NCC(=O)O. The molecule has 0 aromatic heterocycles. The predicted molar refractivity (Wildman–Crippen MR) is 71.0 cm³/mol. The Hall–Kier alpha value is -1.63. The minimum Gasteiger partial charge on any atom is -0.480 e. The summed E-state index contributed by atoms with van der Waals surface area (Å²) in [4.78, 5) is 34.5. The number of aliphatic carboxylic acids is 1. The number of carboxylic acids is 1. The van der Waals surface area contributed by atoms with Crippen LogP contribution in [0.4, 0.5) is 0 Å². The number of ether oxygens (including phenoxy) is 1. The highest BCUT2D eigenvalue weighted by Gasteiger charge is 2.35. The van der Waals surface area contributed by atoms with Gasteiger partial charge in [0.15, 0.2) is 0 Å². The lowest BCUT2D eigenvalue weighted by Gasteiger charge is -2.29. The second-order valence-electron chi connectivity index (χ2n) is 4.89. The van der Waals surface area contributed by atoms with Gasteiger partial charge in [-0.15, -0.1) is 0 Å². The fourth-order valence-corrected chi connectivity index (χ4v) is 2.46. The van der Waals surface area contributed by atoms with Gasteiger partial charge in [0.1, 0.15) is 6.54 Å². The quantitative estimate of drug-likeness (QED) is 0.560. The molecule has 0 spiro atoms. The van der Waals surface area contributed by atoms with Gasteiger partial charge in [-0.2, -0.15) is 0 Å². The lowest BCUT2D eigenvalue weighted by atomic mass is 9.78. The summed E-state index contributed by atoms with van der Waals surface area (Å²) in [6.45, 7) is 0.428. The predicted octanol–water partition coefficient (Wildman–Crippen LogP) is -0.244. The Labute approximate surface area is 118 Å². The fraction of sp³-hybridized carbons (Fsp3) is 0.769. The maximum atomic E-state index is 12.1. The molecular weight excluding hydrogens is 264 g/mol. The minimum absolute atomic E-state index is 0.155. The number of rotatable bonds is 7. The third kappa shape index (κ3) is 5.16. The molecule has 1 aliphatic rings. The van der Waals surface area contributed by atoms with Crippen LogP contribution < -0.4 is 10.6 Å². The van der Waals surface area contributed by atoms with Gasteiger partial charge in [0.2, 0.25) is 11.8 Å². The van der Waals surface area contributed by atoms with E-state index in [4.69, 9.17) is 9.84 Å². The summed E-state index contributed by atoms with van der Waals surface area (Å²) in [5.74, 6) is -2.41. The van der Waals surface area contributed by atoms with Gasteiger partial charge in [0.05, 0.1) is 6.61 Å². The molecule has 0 aromatic carbocycles. The Morgan fingerprint density at radius 2 is 1.65 bits per heavy atom. The Bertz CT molecular complexity index is 359. The summed E-state index contributed by atoms with van der Waals surface area (Å²) in [6.07, 6.45) is 3.07. The summed E-state index contributed by atoms with van der Waals surface area (Å²) in [5.41, 5.74) is 0. The number of carbonyl (C=O) groups excluding carboxylic acids is 2. The van der Waals surface area contributed by atoms with E-state index in [0.29, 0.717) is 26.0 Å². The van der Waals surface area contributed by atoms with Gasteiger partial charge < -0.3 is 20.5 Å². The fourth-order valence-electron chi connectivity index (χ4n) is 2.46. The van der Waals surface area contributed by atoms with Gasteiger partial charge in [0.25, 0.3) is 0 Å². The van der Waals surface area contributed by atoms with Crippen LogP contribution in [0.15, 0.2) is 0 Å². The van der Waals surface area contributed by atoms with Crippen molar-refractivity contribution in [2.75, 3.05) is 26.8 Å². The van der Waals surface area contributed by atoms with E-state index in [2.05, 4.69) is 10.6 Å². The second kappa shape index (κ2) is 8.52. The molecule has 0 aliphatic heterocycles. The highest BCUT2D eigenvalue weighted by atomic mass is 16.5. The first kappa shape index (κ1) is 16.4. The van der Waals surface area contributed by atoms with Crippen LogP contribution in [0.1, 0.15) is 25.7 Å². The van der Waals surface area contributed by atoms with E-state index < -0.39 is 18.4 Å². The average molecular weight is 286 g/mol. The van der Waals surface area contributed by atoms with Gasteiger partial charge in [-0.3, -0.25) is 14.4 Å². The number of amides is 2. The van der Waals surface area contributed by atoms with Gasteiger partial charge in [0, 0.05) is 25.5 Å². The van der Waals surface area contributed by atoms with Gasteiger partial charge >= 0.3 is 5.97 Å². The summed E-state index contributed by atoms with van der Waals surface area (Å²) < 4.78 is 4.86. The molecule has 0 heterocycles. The normalized spacial score (nSPS) is 22.1. The van der Waals surface area contributed by atoms with Crippen LogP contribution in [0.2, 0.25) is 0 Å². The Morgan fingerprint density at radius 3 is 2.15 bits per heavy atom. The molecule has 1 aliphatic carbocycles. The molecule has 7 nitrogen and oxygen atoms in total. The standard InChI is InChI=1S/C13H22N2O5/c1-20-7-6-14-12(18)9-4-2-3-5-10(9)13(19)15-8-11(16)17/h9-10H,2-8H2,1H3,(H,14,18)(H,15,19)(H,16,17). The molecule has 1 saturated carbocycles. The number of nitrogens with one attached hydrogen (secondary N) is 2. The Balaban J connectivity index is 2.54. The van der Waals surface area contributed by atoms with E-state index in [9.17, 15) is 14.4 Å². The molecule has 0 saturated heterocycles. The Kier molecular flexibility index (Phi) is 7.00. The maximum Gasteiger partial charge on any atom is 0.322 e. The molecule has 0 bridgehead atoms.